The third kappa shape index (κ3) is 4.92. The Kier molecular flexibility index (Phi) is 6.50. The van der Waals surface area contributed by atoms with Crippen molar-refractivity contribution < 1.29 is 13.7 Å². The Balaban J connectivity index is 1.51. The number of halogens is 1. The van der Waals surface area contributed by atoms with Gasteiger partial charge in [-0.25, -0.2) is 9.19 Å². The van der Waals surface area contributed by atoms with Crippen LogP contribution in [0, 0.1) is 17.8 Å². The summed E-state index contributed by atoms with van der Waals surface area (Å²) in [5.41, 5.74) is 2.33. The molecule has 3 aromatic rings. The van der Waals surface area contributed by atoms with Gasteiger partial charge in [-0.2, -0.15) is 0 Å². The molecule has 2 aromatic heterocycles. The molecule has 1 saturated heterocycles. The highest BCUT2D eigenvalue weighted by Gasteiger charge is 2.24. The number of nitrogens with one attached hydrogen (secondary N) is 1. The fourth-order valence-corrected chi connectivity index (χ4v) is 5.61. The Bertz CT molecular complexity index is 1350. The summed E-state index contributed by atoms with van der Waals surface area (Å²) >= 11 is 7.41. The lowest BCUT2D eigenvalue weighted by atomic mass is 9.98. The van der Waals surface area contributed by atoms with Crippen LogP contribution in [0.15, 0.2) is 30.5 Å². The molecule has 5 rings (SSSR count). The van der Waals surface area contributed by atoms with E-state index >= 15 is 0 Å². The molecule has 34 heavy (non-hydrogen) atoms. The molecule has 1 N–H and O–H groups in total. The lowest BCUT2D eigenvalue weighted by Gasteiger charge is -2.19. The number of hydrogen-bond acceptors (Lipinski definition) is 7. The Morgan fingerprint density at radius 1 is 1.29 bits per heavy atom. The van der Waals surface area contributed by atoms with Crippen molar-refractivity contribution in [2.45, 2.75) is 19.3 Å². The molecule has 1 unspecified atom stereocenters. The molecule has 2 aliphatic rings. The average molecular weight is 514 g/mol. The first-order valence-electron chi connectivity index (χ1n) is 10.7. The van der Waals surface area contributed by atoms with Crippen LogP contribution >= 0.6 is 22.9 Å². The van der Waals surface area contributed by atoms with Crippen LogP contribution in [-0.4, -0.2) is 44.7 Å². The molecular weight excluding hydrogens is 494 g/mol. The molecule has 8 nitrogen and oxygen atoms in total. The van der Waals surface area contributed by atoms with Crippen LogP contribution in [-0.2, 0) is 11.0 Å². The number of amides is 1. The zero-order valence-electron chi connectivity index (χ0n) is 18.2. The highest BCUT2D eigenvalue weighted by atomic mass is 35.5. The second-order valence-corrected chi connectivity index (χ2v) is 10.7. The predicted octanol–water partition coefficient (Wildman–Crippen LogP) is 4.15. The number of rotatable bonds is 5. The Morgan fingerprint density at radius 2 is 2.15 bits per heavy atom. The van der Waals surface area contributed by atoms with Gasteiger partial charge in [0, 0.05) is 40.6 Å². The maximum absolute atomic E-state index is 13.3. The number of aromatic nitrogens is 3. The molecular formula is C23H20ClN5O3S2. The molecule has 0 radical (unpaired) electrons. The normalized spacial score (nSPS) is 17.2. The fraction of sp³-hybridized carbons (Fsp3) is 0.304. The first-order valence-corrected chi connectivity index (χ1v) is 13.2. The van der Waals surface area contributed by atoms with Crippen LogP contribution in [0.4, 0.5) is 10.8 Å². The van der Waals surface area contributed by atoms with Gasteiger partial charge in [-0.3, -0.25) is 14.4 Å². The molecule has 1 aliphatic carbocycles. The Labute approximate surface area is 208 Å². The van der Waals surface area contributed by atoms with Gasteiger partial charge >= 0.3 is 0 Å². The number of pyridine rings is 1. The van der Waals surface area contributed by atoms with E-state index in [-0.39, 0.29) is 11.1 Å². The molecule has 1 amide bonds. The highest BCUT2D eigenvalue weighted by molar-refractivity contribution is 7.86. The summed E-state index contributed by atoms with van der Waals surface area (Å²) in [5, 5.41) is 12.1. The van der Waals surface area contributed by atoms with Crippen LogP contribution in [0.2, 0.25) is 5.15 Å². The van der Waals surface area contributed by atoms with E-state index in [2.05, 4.69) is 32.3 Å². The average Bonchev–Trinajstić information content (AvgIpc) is 3.41. The topological polar surface area (TPSA) is 97.3 Å². The lowest BCUT2D eigenvalue weighted by molar-refractivity contribution is 0.102. The third-order valence-corrected chi connectivity index (χ3v) is 7.90. The summed E-state index contributed by atoms with van der Waals surface area (Å²) in [6.45, 7) is 0.682. The molecule has 2 fully saturated rings. The molecule has 1 aromatic carbocycles. The van der Waals surface area contributed by atoms with E-state index in [4.69, 9.17) is 16.3 Å². The minimum atomic E-state index is -1.10. The van der Waals surface area contributed by atoms with Crippen molar-refractivity contribution in [3.8, 4) is 28.7 Å². The lowest BCUT2D eigenvalue weighted by Crippen LogP contribution is -2.20. The first-order chi connectivity index (χ1) is 16.5. The summed E-state index contributed by atoms with van der Waals surface area (Å²) < 4.78 is 19.8. The number of anilines is 2. The second-order valence-electron chi connectivity index (χ2n) is 7.83. The molecule has 1 atom stereocenters. The number of carbonyl (C=O) groups excluding carboxylic acids is 1. The van der Waals surface area contributed by atoms with Crippen LogP contribution in [0.5, 0.6) is 5.75 Å². The highest BCUT2D eigenvalue weighted by Crippen LogP contribution is 2.37. The minimum absolute atomic E-state index is 0.264. The number of hydrogen-bond donors (Lipinski definition) is 1. The van der Waals surface area contributed by atoms with Crippen LogP contribution in [0.3, 0.4) is 0 Å². The molecule has 11 heteroatoms. The van der Waals surface area contributed by atoms with Crippen molar-refractivity contribution in [2.75, 3.05) is 29.0 Å². The van der Waals surface area contributed by atoms with Gasteiger partial charge in [0.1, 0.15) is 21.9 Å². The van der Waals surface area contributed by atoms with Crippen LogP contribution in [0.1, 0.15) is 34.6 Å². The summed E-state index contributed by atoms with van der Waals surface area (Å²) in [5.74, 6) is 7.32. The standard InChI is InChI=1S/C23H20ClN5O3S2/c1-32-19-13-25-20(24)12-18(19)17-11-15(29-9-2-10-34(29)31)6-7-16(17)22(30)26-23-28-27-21(33-23)8-5-14-3-4-14/h6-7,11-14H,2-4,9-10H2,1H3,(H,26,28,30). The van der Waals surface area contributed by atoms with Crippen molar-refractivity contribution in [2.24, 2.45) is 5.92 Å². The largest absolute Gasteiger partial charge is 0.494 e. The molecule has 1 saturated carbocycles. The van der Waals surface area contributed by atoms with Gasteiger partial charge in [0.25, 0.3) is 5.91 Å². The number of ether oxygens (including phenoxy) is 1. The van der Waals surface area contributed by atoms with Gasteiger partial charge in [0.2, 0.25) is 5.13 Å². The smallest absolute Gasteiger partial charge is 0.258 e. The number of carbonyl (C=O) groups is 1. The maximum atomic E-state index is 13.3. The zero-order valence-corrected chi connectivity index (χ0v) is 20.6. The predicted molar refractivity (Wildman–Crippen MR) is 134 cm³/mol. The van der Waals surface area contributed by atoms with E-state index in [0.717, 1.165) is 24.9 Å². The number of benzene rings is 1. The molecule has 1 aliphatic heterocycles. The van der Waals surface area contributed by atoms with Crippen molar-refractivity contribution in [1.82, 2.24) is 15.2 Å². The molecule has 3 heterocycles. The van der Waals surface area contributed by atoms with Gasteiger partial charge in [-0.1, -0.05) is 28.9 Å². The van der Waals surface area contributed by atoms with Crippen LogP contribution in [0.25, 0.3) is 11.1 Å². The third-order valence-electron chi connectivity index (χ3n) is 5.41. The van der Waals surface area contributed by atoms with E-state index in [1.165, 1.54) is 24.6 Å². The fourth-order valence-electron chi connectivity index (χ4n) is 3.57. The Morgan fingerprint density at radius 3 is 2.88 bits per heavy atom. The monoisotopic (exact) mass is 513 g/mol. The summed E-state index contributed by atoms with van der Waals surface area (Å²) in [6.07, 6.45) is 4.61. The summed E-state index contributed by atoms with van der Waals surface area (Å²) in [7, 11) is 0.425. The summed E-state index contributed by atoms with van der Waals surface area (Å²) in [6, 6.07) is 6.98. The van der Waals surface area contributed by atoms with E-state index < -0.39 is 11.0 Å². The SMILES string of the molecule is COc1cnc(Cl)cc1-c1cc(N2CCCS2=O)ccc1C(=O)Nc1nnc(C#CC2CC2)s1. The van der Waals surface area contributed by atoms with E-state index in [1.54, 1.807) is 18.2 Å². The van der Waals surface area contributed by atoms with Crippen molar-refractivity contribution in [1.29, 1.82) is 0 Å². The van der Waals surface area contributed by atoms with Crippen molar-refractivity contribution in [3.63, 3.8) is 0 Å². The van der Waals surface area contributed by atoms with E-state index in [9.17, 15) is 9.00 Å². The second kappa shape index (κ2) is 9.70. The van der Waals surface area contributed by atoms with E-state index in [1.807, 2.05) is 10.4 Å². The molecule has 174 valence electrons. The van der Waals surface area contributed by atoms with Crippen molar-refractivity contribution in [3.05, 3.63) is 46.2 Å². The summed E-state index contributed by atoms with van der Waals surface area (Å²) in [4.78, 5) is 17.4. The van der Waals surface area contributed by atoms with Gasteiger partial charge in [-0.05, 0) is 49.4 Å². The van der Waals surface area contributed by atoms with Gasteiger partial charge in [0.05, 0.1) is 13.3 Å². The number of methoxy groups -OCH3 is 1. The first kappa shape index (κ1) is 22.8. The molecule has 0 spiro atoms. The van der Waals surface area contributed by atoms with Crippen LogP contribution < -0.4 is 14.4 Å². The molecule has 0 bridgehead atoms. The zero-order chi connectivity index (χ0) is 23.7. The van der Waals surface area contributed by atoms with Gasteiger partial charge in [0.15, 0.2) is 5.01 Å². The van der Waals surface area contributed by atoms with Gasteiger partial charge < -0.3 is 4.74 Å². The minimum Gasteiger partial charge on any atom is -0.494 e. The van der Waals surface area contributed by atoms with Crippen molar-refractivity contribution >= 4 is 50.6 Å². The maximum Gasteiger partial charge on any atom is 0.258 e. The quantitative estimate of drug-likeness (QED) is 0.406. The Hall–Kier alpha value is -3.00. The number of nitrogens with zero attached hydrogens (tertiary/aromatic N) is 4. The van der Waals surface area contributed by atoms with Gasteiger partial charge in [-0.15, -0.1) is 10.2 Å². The van der Waals surface area contributed by atoms with E-state index in [0.29, 0.717) is 50.8 Å².